The van der Waals surface area contributed by atoms with Gasteiger partial charge in [0.1, 0.15) is 11.4 Å². The number of aliphatic hydroxyl groups excluding tert-OH is 1. The van der Waals surface area contributed by atoms with E-state index in [2.05, 4.69) is 30.8 Å². The third-order valence-electron chi connectivity index (χ3n) is 3.69. The van der Waals surface area contributed by atoms with Crippen LogP contribution in [0.2, 0.25) is 0 Å². The molecule has 0 aromatic carbocycles. The van der Waals surface area contributed by atoms with Crippen LogP contribution in [0.5, 0.6) is 0 Å². The van der Waals surface area contributed by atoms with Crippen molar-refractivity contribution in [3.8, 4) is 0 Å². The molecule has 2 rings (SSSR count). The first-order valence-electron chi connectivity index (χ1n) is 9.13. The minimum Gasteiger partial charge on any atom is -0.395 e. The predicted molar refractivity (Wildman–Crippen MR) is 110 cm³/mol. The molecule has 11 nitrogen and oxygen atoms in total. The molecule has 0 aliphatic heterocycles. The Morgan fingerprint density at radius 2 is 1.67 bits per heavy atom. The molecule has 0 aliphatic carbocycles. The number of pyridine rings is 2. The Morgan fingerprint density at radius 1 is 0.967 bits per heavy atom. The Balaban J connectivity index is 1.80. The highest BCUT2D eigenvalue weighted by molar-refractivity contribution is 5.99. The molecule has 0 saturated heterocycles. The van der Waals surface area contributed by atoms with Gasteiger partial charge >= 0.3 is 0 Å². The smallest absolute Gasteiger partial charge is 0.224 e. The number of aliphatic hydroxyl groups is 1. The molecular weight excluding hydrogens is 388 g/mol. The van der Waals surface area contributed by atoms with E-state index in [9.17, 15) is 9.59 Å². The monoisotopic (exact) mass is 410 g/mol. The molecule has 0 bridgehead atoms. The number of hydrogen-bond acceptors (Lipinski definition) is 7. The maximum absolute atomic E-state index is 11.9. The number of carbonyl (C=O) groups is 2. The second-order valence-electron chi connectivity index (χ2n) is 6.02. The summed E-state index contributed by atoms with van der Waals surface area (Å²) in [6, 6.07) is 8.13. The number of nitrogens with one attached hydrogen (secondary N) is 4. The van der Waals surface area contributed by atoms with E-state index >= 15 is 0 Å². The first-order chi connectivity index (χ1) is 14.5. The number of nitrogens with zero attached hydrogens (tertiary/aromatic N) is 4. The summed E-state index contributed by atoms with van der Waals surface area (Å²) in [4.78, 5) is 31.4. The zero-order valence-corrected chi connectivity index (χ0v) is 16.1. The quantitative estimate of drug-likeness (QED) is 0.238. The van der Waals surface area contributed by atoms with Gasteiger partial charge in [-0.1, -0.05) is 6.07 Å². The third kappa shape index (κ3) is 7.64. The molecule has 0 unspecified atom stereocenters. The van der Waals surface area contributed by atoms with Crippen molar-refractivity contribution in [3.05, 3.63) is 54.1 Å². The number of rotatable bonds is 9. The molecule has 0 spiro atoms. The molecule has 0 radical (unpaired) electrons. The van der Waals surface area contributed by atoms with E-state index < -0.39 is 0 Å². The molecule has 156 valence electrons. The van der Waals surface area contributed by atoms with Crippen molar-refractivity contribution in [1.82, 2.24) is 15.3 Å². The minimum absolute atomic E-state index is 0.124. The fourth-order valence-electron chi connectivity index (χ4n) is 2.23. The van der Waals surface area contributed by atoms with E-state index in [-0.39, 0.29) is 55.2 Å². The Labute approximate surface area is 172 Å². The van der Waals surface area contributed by atoms with E-state index in [1.54, 1.807) is 24.3 Å². The fourth-order valence-corrected chi connectivity index (χ4v) is 2.23. The number of carbonyl (C=O) groups excluding carboxylic acids is 2. The van der Waals surface area contributed by atoms with Crippen molar-refractivity contribution >= 4 is 29.2 Å². The zero-order valence-electron chi connectivity index (χ0n) is 16.1. The number of amides is 2. The zero-order chi connectivity index (χ0) is 21.8. The lowest BCUT2D eigenvalue weighted by Gasteiger charge is -2.06. The van der Waals surface area contributed by atoms with Gasteiger partial charge in [0, 0.05) is 25.6 Å². The molecule has 11 heteroatoms. The van der Waals surface area contributed by atoms with Gasteiger partial charge in [0.2, 0.25) is 11.8 Å². The van der Waals surface area contributed by atoms with Crippen molar-refractivity contribution in [2.45, 2.75) is 19.3 Å². The molecule has 5 N–H and O–H groups in total. The number of azo groups is 1. The Kier molecular flexibility index (Phi) is 8.87. The van der Waals surface area contributed by atoms with Crippen molar-refractivity contribution in [1.29, 1.82) is 10.8 Å². The highest BCUT2D eigenvalue weighted by Gasteiger charge is 2.08. The van der Waals surface area contributed by atoms with Crippen LogP contribution < -0.4 is 10.6 Å². The van der Waals surface area contributed by atoms with Crippen LogP contribution in [0.3, 0.4) is 0 Å². The molecule has 2 aromatic heterocycles. The van der Waals surface area contributed by atoms with Gasteiger partial charge in [-0.05, 0) is 30.7 Å². The average Bonchev–Trinajstić information content (AvgIpc) is 2.76. The highest BCUT2D eigenvalue weighted by atomic mass is 16.3. The van der Waals surface area contributed by atoms with Crippen LogP contribution in [0.25, 0.3) is 0 Å². The lowest BCUT2D eigenvalue weighted by Crippen LogP contribution is -2.26. The van der Waals surface area contributed by atoms with Crippen molar-refractivity contribution in [3.63, 3.8) is 0 Å². The normalized spacial score (nSPS) is 10.6. The molecule has 0 atom stereocenters. The summed E-state index contributed by atoms with van der Waals surface area (Å²) < 4.78 is 0. The van der Waals surface area contributed by atoms with Crippen LogP contribution in [-0.2, 0) is 9.59 Å². The SMILES string of the molecule is N=C(/N=N\C(=N)c1ccc(NC(=O)CCCC(=O)NCCO)cn1)c1ccccn1. The van der Waals surface area contributed by atoms with Gasteiger partial charge in [0.05, 0.1) is 18.5 Å². The first kappa shape index (κ1) is 22.4. The van der Waals surface area contributed by atoms with Crippen molar-refractivity contribution < 1.29 is 14.7 Å². The van der Waals surface area contributed by atoms with Gasteiger partial charge < -0.3 is 15.7 Å². The summed E-state index contributed by atoms with van der Waals surface area (Å²) in [5, 5.41) is 36.8. The maximum Gasteiger partial charge on any atom is 0.224 e. The van der Waals surface area contributed by atoms with Gasteiger partial charge in [-0.2, -0.15) is 0 Å². The van der Waals surface area contributed by atoms with Crippen LogP contribution >= 0.6 is 0 Å². The summed E-state index contributed by atoms with van der Waals surface area (Å²) in [5.74, 6) is -0.888. The Bertz CT molecular complexity index is 913. The summed E-state index contributed by atoms with van der Waals surface area (Å²) in [6.07, 6.45) is 3.65. The number of amidine groups is 2. The van der Waals surface area contributed by atoms with Crippen LogP contribution in [-0.4, -0.2) is 51.7 Å². The summed E-state index contributed by atoms with van der Waals surface area (Å²) >= 11 is 0. The van der Waals surface area contributed by atoms with Gasteiger partial charge in [-0.15, -0.1) is 10.2 Å². The van der Waals surface area contributed by atoms with Crippen molar-refractivity contribution in [2.24, 2.45) is 10.2 Å². The van der Waals surface area contributed by atoms with Gasteiger partial charge in [0.15, 0.2) is 11.7 Å². The number of aromatic nitrogens is 2. The van der Waals surface area contributed by atoms with Crippen LogP contribution in [0, 0.1) is 10.8 Å². The van der Waals surface area contributed by atoms with Gasteiger partial charge in [-0.25, -0.2) is 0 Å². The minimum atomic E-state index is -0.266. The molecule has 2 aromatic rings. The topological polar surface area (TPSA) is 177 Å². The van der Waals surface area contributed by atoms with Crippen molar-refractivity contribution in [2.75, 3.05) is 18.5 Å². The third-order valence-corrected chi connectivity index (χ3v) is 3.69. The largest absolute Gasteiger partial charge is 0.395 e. The Hall–Kier alpha value is -3.86. The molecule has 30 heavy (non-hydrogen) atoms. The fraction of sp³-hybridized carbons (Fsp3) is 0.263. The lowest BCUT2D eigenvalue weighted by molar-refractivity contribution is -0.121. The maximum atomic E-state index is 11.9. The van der Waals surface area contributed by atoms with E-state index in [0.29, 0.717) is 17.8 Å². The van der Waals surface area contributed by atoms with E-state index in [1.807, 2.05) is 0 Å². The molecular formula is C19H22N8O3. The molecule has 0 saturated carbocycles. The van der Waals surface area contributed by atoms with Gasteiger partial charge in [-0.3, -0.25) is 30.4 Å². The summed E-state index contributed by atoms with van der Waals surface area (Å²) in [5.41, 5.74) is 1.01. The van der Waals surface area contributed by atoms with E-state index in [4.69, 9.17) is 15.9 Å². The Morgan fingerprint density at radius 3 is 2.27 bits per heavy atom. The van der Waals surface area contributed by atoms with Crippen LogP contribution in [0.15, 0.2) is 53.0 Å². The average molecular weight is 410 g/mol. The summed E-state index contributed by atoms with van der Waals surface area (Å²) in [7, 11) is 0. The second kappa shape index (κ2) is 11.9. The van der Waals surface area contributed by atoms with Crippen LogP contribution in [0.4, 0.5) is 5.69 Å². The lowest BCUT2D eigenvalue weighted by atomic mass is 10.2. The highest BCUT2D eigenvalue weighted by Crippen LogP contribution is 2.09. The summed E-state index contributed by atoms with van der Waals surface area (Å²) in [6.45, 7) is 0.0721. The van der Waals surface area contributed by atoms with E-state index in [1.165, 1.54) is 18.5 Å². The van der Waals surface area contributed by atoms with Crippen LogP contribution in [0.1, 0.15) is 30.7 Å². The number of anilines is 1. The van der Waals surface area contributed by atoms with E-state index in [0.717, 1.165) is 0 Å². The number of hydrogen-bond donors (Lipinski definition) is 5. The van der Waals surface area contributed by atoms with Gasteiger partial charge in [0.25, 0.3) is 0 Å². The first-order valence-corrected chi connectivity index (χ1v) is 9.13. The molecule has 0 aliphatic rings. The molecule has 0 fully saturated rings. The predicted octanol–water partition coefficient (Wildman–Crippen LogP) is 1.50. The molecule has 2 amide bonds. The standard InChI is InChI=1S/C19H22N8O3/c20-18(14-4-1-2-9-22-14)26-27-19(21)15-8-7-13(12-24-15)25-17(30)6-3-5-16(29)23-10-11-28/h1-2,4,7-9,12,20-21,28H,3,5-6,10-11H2,(H,23,29)(H,25,30)/b20-18?,21-19?,27-26-. The molecule has 2 heterocycles. The second-order valence-corrected chi connectivity index (χ2v) is 6.02.